The lowest BCUT2D eigenvalue weighted by atomic mass is 10.2. The number of benzene rings is 2. The number of rotatable bonds is 6. The Labute approximate surface area is 185 Å². The second-order valence-electron chi connectivity index (χ2n) is 6.85. The maximum Gasteiger partial charge on any atom is 0.257 e. The Morgan fingerprint density at radius 3 is 2.45 bits per heavy atom. The number of aromatic nitrogens is 1. The highest BCUT2D eigenvalue weighted by Crippen LogP contribution is 2.27. The minimum Gasteiger partial charge on any atom is -0.376 e. The molecule has 2 N–H and O–H groups in total. The van der Waals surface area contributed by atoms with Gasteiger partial charge in [0.2, 0.25) is 10.0 Å². The highest BCUT2D eigenvalue weighted by molar-refractivity contribution is 7.89. The molecule has 2 aromatic carbocycles. The van der Waals surface area contributed by atoms with Crippen molar-refractivity contribution in [1.29, 1.82) is 0 Å². The van der Waals surface area contributed by atoms with Gasteiger partial charge in [0.25, 0.3) is 11.5 Å². The van der Waals surface area contributed by atoms with Crippen molar-refractivity contribution < 1.29 is 13.2 Å². The third kappa shape index (κ3) is 4.96. The first-order valence-electron chi connectivity index (χ1n) is 9.17. The van der Waals surface area contributed by atoms with Crippen molar-refractivity contribution in [3.8, 4) is 5.69 Å². The number of carbonyl (C=O) groups is 1. The van der Waals surface area contributed by atoms with Gasteiger partial charge >= 0.3 is 0 Å². The molecule has 162 valence electrons. The molecule has 1 aromatic heterocycles. The van der Waals surface area contributed by atoms with E-state index in [1.54, 1.807) is 24.3 Å². The second kappa shape index (κ2) is 8.93. The summed E-state index contributed by atoms with van der Waals surface area (Å²) in [6.07, 6.45) is 1.36. The van der Waals surface area contributed by atoms with Crippen molar-refractivity contribution in [2.24, 2.45) is 0 Å². The summed E-state index contributed by atoms with van der Waals surface area (Å²) >= 11 is 6.25. The van der Waals surface area contributed by atoms with Gasteiger partial charge < -0.3 is 10.2 Å². The molecule has 0 aliphatic rings. The number of anilines is 2. The number of hydrogen-bond donors (Lipinski definition) is 2. The summed E-state index contributed by atoms with van der Waals surface area (Å²) in [6.45, 7) is 0. The van der Waals surface area contributed by atoms with Crippen LogP contribution < -0.4 is 20.5 Å². The first-order valence-corrected chi connectivity index (χ1v) is 11.0. The van der Waals surface area contributed by atoms with Gasteiger partial charge in [0.05, 0.1) is 21.2 Å². The van der Waals surface area contributed by atoms with E-state index >= 15 is 0 Å². The first-order chi connectivity index (χ1) is 14.6. The number of halogens is 1. The number of carbonyl (C=O) groups excluding carboxylic acids is 1. The van der Waals surface area contributed by atoms with Crippen LogP contribution >= 0.6 is 11.6 Å². The fourth-order valence-corrected chi connectivity index (χ4v) is 4.01. The van der Waals surface area contributed by atoms with Gasteiger partial charge in [0, 0.05) is 37.7 Å². The van der Waals surface area contributed by atoms with Crippen molar-refractivity contribution in [2.45, 2.75) is 4.90 Å². The van der Waals surface area contributed by atoms with E-state index < -0.39 is 21.5 Å². The zero-order valence-corrected chi connectivity index (χ0v) is 18.7. The average Bonchev–Trinajstić information content (AvgIpc) is 2.74. The van der Waals surface area contributed by atoms with Crippen LogP contribution in [-0.4, -0.2) is 40.0 Å². The Morgan fingerprint density at radius 1 is 1.06 bits per heavy atom. The van der Waals surface area contributed by atoms with Crippen LogP contribution in [0.5, 0.6) is 0 Å². The molecule has 8 nitrogen and oxygen atoms in total. The van der Waals surface area contributed by atoms with Gasteiger partial charge in [0.15, 0.2) is 0 Å². The van der Waals surface area contributed by atoms with E-state index in [2.05, 4.69) is 10.0 Å². The number of nitrogens with one attached hydrogen (secondary N) is 2. The third-order valence-electron chi connectivity index (χ3n) is 4.54. The van der Waals surface area contributed by atoms with Gasteiger partial charge in [0.1, 0.15) is 0 Å². The third-order valence-corrected chi connectivity index (χ3v) is 6.25. The summed E-state index contributed by atoms with van der Waals surface area (Å²) in [5, 5.41) is 3.23. The van der Waals surface area contributed by atoms with Crippen LogP contribution in [-0.2, 0) is 10.0 Å². The highest BCUT2D eigenvalue weighted by atomic mass is 35.5. The molecule has 0 aliphatic heterocycles. The number of nitrogens with zero attached hydrogens (tertiary/aromatic N) is 2. The molecule has 1 heterocycles. The lowest BCUT2D eigenvalue weighted by molar-refractivity contribution is 0.102. The summed E-state index contributed by atoms with van der Waals surface area (Å²) in [5.41, 5.74) is 1.43. The SMILES string of the molecule is CNS(=O)(=O)c1cccc(-n2cc(C(=O)Nc3ccc(N(C)C)c(Cl)c3)ccc2=O)c1. The molecular weight excluding hydrogens is 440 g/mol. The quantitative estimate of drug-likeness (QED) is 0.589. The minimum absolute atomic E-state index is 0.00452. The minimum atomic E-state index is -3.68. The van der Waals surface area contributed by atoms with Gasteiger partial charge in [-0.25, -0.2) is 13.1 Å². The van der Waals surface area contributed by atoms with Crippen LogP contribution in [0.1, 0.15) is 10.4 Å². The Bertz CT molecular complexity index is 1300. The van der Waals surface area contributed by atoms with E-state index in [-0.39, 0.29) is 10.5 Å². The molecule has 0 radical (unpaired) electrons. The number of pyridine rings is 1. The van der Waals surface area contributed by atoms with E-state index in [0.29, 0.717) is 16.4 Å². The molecule has 3 rings (SSSR count). The van der Waals surface area contributed by atoms with Crippen molar-refractivity contribution in [3.63, 3.8) is 0 Å². The average molecular weight is 461 g/mol. The summed E-state index contributed by atoms with van der Waals surface area (Å²) in [4.78, 5) is 27.0. The Kier molecular flexibility index (Phi) is 6.49. The largest absolute Gasteiger partial charge is 0.376 e. The predicted molar refractivity (Wildman–Crippen MR) is 122 cm³/mol. The van der Waals surface area contributed by atoms with Gasteiger partial charge in [-0.1, -0.05) is 17.7 Å². The molecule has 31 heavy (non-hydrogen) atoms. The van der Waals surface area contributed by atoms with Crippen LogP contribution in [0.4, 0.5) is 11.4 Å². The lowest BCUT2D eigenvalue weighted by Crippen LogP contribution is -2.22. The molecule has 0 aliphatic carbocycles. The van der Waals surface area contributed by atoms with Gasteiger partial charge in [-0.2, -0.15) is 0 Å². The van der Waals surface area contributed by atoms with E-state index in [9.17, 15) is 18.0 Å². The topological polar surface area (TPSA) is 101 Å². The van der Waals surface area contributed by atoms with E-state index in [1.165, 1.54) is 48.1 Å². The molecule has 0 bridgehead atoms. The predicted octanol–water partition coefficient (Wildman–Crippen LogP) is 2.72. The van der Waals surface area contributed by atoms with Crippen LogP contribution in [0.2, 0.25) is 5.02 Å². The fourth-order valence-electron chi connectivity index (χ4n) is 2.89. The lowest BCUT2D eigenvalue weighted by Gasteiger charge is -2.15. The van der Waals surface area contributed by atoms with Gasteiger partial charge in [-0.3, -0.25) is 14.2 Å². The zero-order valence-electron chi connectivity index (χ0n) is 17.1. The van der Waals surface area contributed by atoms with Crippen molar-refractivity contribution in [1.82, 2.24) is 9.29 Å². The molecule has 0 atom stereocenters. The Morgan fingerprint density at radius 2 is 1.81 bits per heavy atom. The van der Waals surface area contributed by atoms with E-state index in [1.807, 2.05) is 19.0 Å². The summed E-state index contributed by atoms with van der Waals surface area (Å²) in [6, 6.07) is 13.7. The summed E-state index contributed by atoms with van der Waals surface area (Å²) in [7, 11) is 1.34. The molecule has 0 unspecified atom stereocenters. The highest BCUT2D eigenvalue weighted by Gasteiger charge is 2.14. The Hall–Kier alpha value is -3.14. The van der Waals surface area contributed by atoms with Crippen LogP contribution in [0, 0.1) is 0 Å². The smallest absolute Gasteiger partial charge is 0.257 e. The zero-order chi connectivity index (χ0) is 22.8. The number of hydrogen-bond acceptors (Lipinski definition) is 5. The molecule has 0 saturated carbocycles. The molecule has 0 spiro atoms. The maximum absolute atomic E-state index is 12.7. The van der Waals surface area contributed by atoms with Gasteiger partial charge in [-0.05, 0) is 49.5 Å². The fraction of sp³-hybridized carbons (Fsp3) is 0.143. The standard InChI is InChI=1S/C21H21ClN4O4S/c1-23-31(29,30)17-6-4-5-16(12-17)26-13-14(7-10-20(26)27)21(28)24-15-8-9-19(25(2)3)18(22)11-15/h4-13,23H,1-3H3,(H,24,28). The van der Waals surface area contributed by atoms with E-state index in [0.717, 1.165) is 5.69 Å². The monoisotopic (exact) mass is 460 g/mol. The van der Waals surface area contributed by atoms with Crippen molar-refractivity contribution >= 4 is 38.9 Å². The molecular formula is C21H21ClN4O4S. The number of amides is 1. The molecule has 0 saturated heterocycles. The summed E-state index contributed by atoms with van der Waals surface area (Å²) < 4.78 is 27.6. The molecule has 3 aromatic rings. The second-order valence-corrected chi connectivity index (χ2v) is 9.14. The number of sulfonamides is 1. The normalized spacial score (nSPS) is 11.2. The molecule has 1 amide bonds. The van der Waals surface area contributed by atoms with Crippen LogP contribution in [0.3, 0.4) is 0 Å². The maximum atomic E-state index is 12.7. The van der Waals surface area contributed by atoms with Crippen LogP contribution in [0.25, 0.3) is 5.69 Å². The van der Waals surface area contributed by atoms with E-state index in [4.69, 9.17) is 11.6 Å². The van der Waals surface area contributed by atoms with Crippen LogP contribution in [0.15, 0.2) is 70.5 Å². The first kappa shape index (κ1) is 22.5. The Balaban J connectivity index is 1.93. The van der Waals surface area contributed by atoms with Gasteiger partial charge in [-0.15, -0.1) is 0 Å². The van der Waals surface area contributed by atoms with Crippen molar-refractivity contribution in [3.05, 3.63) is 81.7 Å². The summed E-state index contributed by atoms with van der Waals surface area (Å²) in [5.74, 6) is -0.443. The molecule has 10 heteroatoms. The van der Waals surface area contributed by atoms with Crippen molar-refractivity contribution in [2.75, 3.05) is 31.4 Å². The molecule has 0 fully saturated rings.